The maximum atomic E-state index is 12.1. The lowest BCUT2D eigenvalue weighted by molar-refractivity contribution is 0.561. The molecule has 18 heavy (non-hydrogen) atoms. The summed E-state index contributed by atoms with van der Waals surface area (Å²) in [6.45, 7) is 4.38. The van der Waals surface area contributed by atoms with E-state index in [2.05, 4.69) is 0 Å². The fourth-order valence-corrected chi connectivity index (χ4v) is 2.02. The normalized spacial score (nSPS) is 11.1. The number of anilines is 1. The first-order valence-electron chi connectivity index (χ1n) is 5.80. The van der Waals surface area contributed by atoms with Crippen molar-refractivity contribution >= 4 is 17.3 Å². The van der Waals surface area contributed by atoms with E-state index in [0.717, 1.165) is 5.56 Å². The lowest BCUT2D eigenvalue weighted by atomic mass is 10.2. The predicted octanol–water partition coefficient (Wildman–Crippen LogP) is 2.51. The SMILES string of the molecule is CC(C)n1ccn(Cc2cc(N)ccc2Cl)c1=O. The lowest BCUT2D eigenvalue weighted by Gasteiger charge is -2.07. The molecule has 2 rings (SSSR count). The van der Waals surface area contributed by atoms with Crippen LogP contribution in [0.4, 0.5) is 5.69 Å². The zero-order valence-corrected chi connectivity index (χ0v) is 11.2. The first-order valence-corrected chi connectivity index (χ1v) is 6.18. The molecule has 4 nitrogen and oxygen atoms in total. The number of nitrogens with two attached hydrogens (primary N) is 1. The third-order valence-electron chi connectivity index (χ3n) is 2.84. The quantitative estimate of drug-likeness (QED) is 0.867. The van der Waals surface area contributed by atoms with Crippen LogP contribution in [-0.4, -0.2) is 9.13 Å². The van der Waals surface area contributed by atoms with Crippen LogP contribution in [0.15, 0.2) is 35.4 Å². The van der Waals surface area contributed by atoms with Crippen molar-refractivity contribution in [3.8, 4) is 0 Å². The second kappa shape index (κ2) is 4.90. The summed E-state index contributed by atoms with van der Waals surface area (Å²) in [5.74, 6) is 0. The maximum Gasteiger partial charge on any atom is 0.328 e. The predicted molar refractivity (Wildman–Crippen MR) is 74.0 cm³/mol. The molecule has 96 valence electrons. The third-order valence-corrected chi connectivity index (χ3v) is 3.21. The average Bonchev–Trinajstić information content (AvgIpc) is 2.66. The van der Waals surface area contributed by atoms with Crippen molar-refractivity contribution in [2.45, 2.75) is 26.4 Å². The highest BCUT2D eigenvalue weighted by atomic mass is 35.5. The van der Waals surface area contributed by atoms with Crippen LogP contribution in [0.1, 0.15) is 25.5 Å². The summed E-state index contributed by atoms with van der Waals surface area (Å²) in [7, 11) is 0. The largest absolute Gasteiger partial charge is 0.399 e. The second-order valence-electron chi connectivity index (χ2n) is 4.56. The summed E-state index contributed by atoms with van der Waals surface area (Å²) in [6.07, 6.45) is 3.55. The zero-order valence-electron chi connectivity index (χ0n) is 10.4. The number of nitrogens with zero attached hydrogens (tertiary/aromatic N) is 2. The fourth-order valence-electron chi connectivity index (χ4n) is 1.84. The molecule has 0 saturated heterocycles. The van der Waals surface area contributed by atoms with E-state index in [1.165, 1.54) is 0 Å². The molecule has 0 aliphatic carbocycles. The summed E-state index contributed by atoms with van der Waals surface area (Å²) >= 11 is 6.09. The number of imidazole rings is 1. The minimum atomic E-state index is -0.0384. The van der Waals surface area contributed by atoms with Crippen LogP contribution >= 0.6 is 11.6 Å². The van der Waals surface area contributed by atoms with E-state index >= 15 is 0 Å². The van der Waals surface area contributed by atoms with Crippen molar-refractivity contribution in [3.05, 3.63) is 51.7 Å². The first-order chi connectivity index (χ1) is 8.49. The molecule has 0 bridgehead atoms. The van der Waals surface area contributed by atoms with E-state index in [1.807, 2.05) is 13.8 Å². The highest BCUT2D eigenvalue weighted by Crippen LogP contribution is 2.19. The minimum absolute atomic E-state index is 0.0384. The van der Waals surface area contributed by atoms with Crippen LogP contribution < -0.4 is 11.4 Å². The van der Waals surface area contributed by atoms with Crippen LogP contribution in [0.3, 0.4) is 0 Å². The molecule has 2 N–H and O–H groups in total. The zero-order chi connectivity index (χ0) is 13.3. The fraction of sp³-hybridized carbons (Fsp3) is 0.308. The van der Waals surface area contributed by atoms with Gasteiger partial charge in [0.1, 0.15) is 0 Å². The summed E-state index contributed by atoms with van der Waals surface area (Å²) < 4.78 is 3.31. The van der Waals surface area contributed by atoms with Gasteiger partial charge in [-0.3, -0.25) is 9.13 Å². The number of halogens is 1. The van der Waals surface area contributed by atoms with E-state index in [0.29, 0.717) is 17.3 Å². The van der Waals surface area contributed by atoms with Gasteiger partial charge in [0.15, 0.2) is 0 Å². The third kappa shape index (κ3) is 2.43. The van der Waals surface area contributed by atoms with Crippen molar-refractivity contribution in [1.29, 1.82) is 0 Å². The molecule has 1 aromatic heterocycles. The Morgan fingerprint density at radius 3 is 2.67 bits per heavy atom. The summed E-state index contributed by atoms with van der Waals surface area (Å²) in [6, 6.07) is 5.43. The molecule has 1 aromatic carbocycles. The van der Waals surface area contributed by atoms with Gasteiger partial charge >= 0.3 is 5.69 Å². The number of nitrogen functional groups attached to an aromatic ring is 1. The Morgan fingerprint density at radius 2 is 2.06 bits per heavy atom. The van der Waals surface area contributed by atoms with Crippen molar-refractivity contribution in [3.63, 3.8) is 0 Å². The van der Waals surface area contributed by atoms with Gasteiger partial charge < -0.3 is 5.73 Å². The minimum Gasteiger partial charge on any atom is -0.399 e. The molecule has 5 heteroatoms. The number of aromatic nitrogens is 2. The summed E-state index contributed by atoms with van der Waals surface area (Å²) in [4.78, 5) is 12.1. The van der Waals surface area contributed by atoms with Crippen molar-refractivity contribution in [1.82, 2.24) is 9.13 Å². The molecule has 0 atom stereocenters. The molecular formula is C13H16ClN3O. The average molecular weight is 266 g/mol. The van der Waals surface area contributed by atoms with Crippen LogP contribution in [-0.2, 0) is 6.54 Å². The number of hydrogen-bond acceptors (Lipinski definition) is 2. The van der Waals surface area contributed by atoms with Gasteiger partial charge in [0, 0.05) is 29.1 Å². The molecule has 0 spiro atoms. The molecule has 0 unspecified atom stereocenters. The van der Waals surface area contributed by atoms with Crippen LogP contribution in [0.5, 0.6) is 0 Å². The van der Waals surface area contributed by atoms with Gasteiger partial charge in [0.05, 0.1) is 6.54 Å². The van der Waals surface area contributed by atoms with Gasteiger partial charge in [0.25, 0.3) is 0 Å². The van der Waals surface area contributed by atoms with Gasteiger partial charge in [-0.15, -0.1) is 0 Å². The molecule has 0 fully saturated rings. The Morgan fingerprint density at radius 1 is 1.33 bits per heavy atom. The number of hydrogen-bond donors (Lipinski definition) is 1. The summed E-state index contributed by atoms with van der Waals surface area (Å²) in [5, 5.41) is 0.619. The molecule has 1 heterocycles. The molecule has 0 aliphatic heterocycles. The Balaban J connectivity index is 2.35. The van der Waals surface area contributed by atoms with E-state index in [4.69, 9.17) is 17.3 Å². The standard InChI is InChI=1S/C13H16ClN3O/c1-9(2)17-6-5-16(13(17)18)8-10-7-11(15)3-4-12(10)14/h3-7,9H,8,15H2,1-2H3. The summed E-state index contributed by atoms with van der Waals surface area (Å²) in [5.41, 5.74) is 7.17. The smallest absolute Gasteiger partial charge is 0.328 e. The second-order valence-corrected chi connectivity index (χ2v) is 4.97. The van der Waals surface area contributed by atoms with Crippen molar-refractivity contribution in [2.24, 2.45) is 0 Å². The Labute approximate surface area is 111 Å². The number of benzene rings is 1. The lowest BCUT2D eigenvalue weighted by Crippen LogP contribution is -2.25. The van der Waals surface area contributed by atoms with Crippen LogP contribution in [0.25, 0.3) is 0 Å². The van der Waals surface area contributed by atoms with Crippen LogP contribution in [0.2, 0.25) is 5.02 Å². The van der Waals surface area contributed by atoms with E-state index in [9.17, 15) is 4.79 Å². The van der Waals surface area contributed by atoms with Gasteiger partial charge in [-0.25, -0.2) is 4.79 Å². The van der Waals surface area contributed by atoms with E-state index in [-0.39, 0.29) is 11.7 Å². The molecule has 2 aromatic rings. The molecule has 0 amide bonds. The van der Waals surface area contributed by atoms with Crippen molar-refractivity contribution in [2.75, 3.05) is 5.73 Å². The van der Waals surface area contributed by atoms with Crippen LogP contribution in [0, 0.1) is 0 Å². The van der Waals surface area contributed by atoms with Gasteiger partial charge in [0.2, 0.25) is 0 Å². The first kappa shape index (κ1) is 12.8. The van der Waals surface area contributed by atoms with Gasteiger partial charge in [-0.1, -0.05) is 11.6 Å². The Bertz CT molecular complexity index is 613. The molecule has 0 radical (unpaired) electrons. The highest BCUT2D eigenvalue weighted by Gasteiger charge is 2.08. The van der Waals surface area contributed by atoms with Crippen molar-refractivity contribution < 1.29 is 0 Å². The Kier molecular flexibility index (Phi) is 3.48. The van der Waals surface area contributed by atoms with Gasteiger partial charge in [-0.2, -0.15) is 0 Å². The molecule has 0 saturated carbocycles. The highest BCUT2D eigenvalue weighted by molar-refractivity contribution is 6.31. The molecule has 0 aliphatic rings. The topological polar surface area (TPSA) is 52.9 Å². The maximum absolute atomic E-state index is 12.1. The monoisotopic (exact) mass is 265 g/mol. The van der Waals surface area contributed by atoms with E-state index < -0.39 is 0 Å². The van der Waals surface area contributed by atoms with Gasteiger partial charge in [-0.05, 0) is 37.6 Å². The molecular weight excluding hydrogens is 250 g/mol. The Hall–Kier alpha value is -1.68. The van der Waals surface area contributed by atoms with E-state index in [1.54, 1.807) is 39.7 Å². The number of rotatable bonds is 3.